The number of amides is 2. The zero-order valence-electron chi connectivity index (χ0n) is 21.1. The number of esters is 1. The molecule has 0 saturated carbocycles. The number of ether oxygens (including phenoxy) is 3. The van der Waals surface area contributed by atoms with E-state index >= 15 is 0 Å². The van der Waals surface area contributed by atoms with Gasteiger partial charge in [-0.15, -0.1) is 0 Å². The number of carbonyl (C=O) groups excluding carboxylic acids is 3. The van der Waals surface area contributed by atoms with Gasteiger partial charge in [0.25, 0.3) is 11.1 Å². The molecule has 4 aromatic carbocycles. The zero-order chi connectivity index (χ0) is 28.2. The van der Waals surface area contributed by atoms with Gasteiger partial charge in [0.2, 0.25) is 0 Å². The van der Waals surface area contributed by atoms with Crippen LogP contribution < -0.4 is 14.2 Å². The van der Waals surface area contributed by atoms with Crippen molar-refractivity contribution in [2.45, 2.75) is 0 Å². The second-order valence-electron chi connectivity index (χ2n) is 8.59. The number of thioether (sulfide) groups is 1. The lowest BCUT2D eigenvalue weighted by molar-refractivity contribution is -0.123. The minimum absolute atomic E-state index is 0.109. The molecule has 0 bridgehead atoms. The number of halogens is 2. The number of hydrogen-bond acceptors (Lipinski definition) is 7. The predicted octanol–water partition coefficient (Wildman–Crippen LogP) is 7.60. The summed E-state index contributed by atoms with van der Waals surface area (Å²) in [6.45, 7) is 0.268. The van der Waals surface area contributed by atoms with E-state index in [1.165, 1.54) is 7.11 Å². The van der Waals surface area contributed by atoms with Crippen LogP contribution in [0.3, 0.4) is 0 Å². The number of hydrogen-bond donors (Lipinski definition) is 0. The molecule has 1 saturated heterocycles. The number of imide groups is 1. The van der Waals surface area contributed by atoms with Crippen LogP contribution in [0.5, 0.6) is 17.2 Å². The first-order valence-corrected chi connectivity index (χ1v) is 14.0. The fourth-order valence-electron chi connectivity index (χ4n) is 4.07. The van der Waals surface area contributed by atoms with Crippen molar-refractivity contribution in [2.24, 2.45) is 0 Å². The van der Waals surface area contributed by atoms with Gasteiger partial charge >= 0.3 is 5.97 Å². The highest BCUT2D eigenvalue weighted by Crippen LogP contribution is 2.39. The van der Waals surface area contributed by atoms with Crippen LogP contribution in [-0.2, 0) is 4.79 Å². The van der Waals surface area contributed by atoms with E-state index in [-0.39, 0.29) is 34.8 Å². The normalized spacial score (nSPS) is 14.2. The number of methoxy groups -OCH3 is 1. The molecule has 2 amide bonds. The third kappa shape index (κ3) is 6.01. The smallest absolute Gasteiger partial charge is 0.343 e. The molecular weight excluding hydrogens is 618 g/mol. The number of nitrogens with zero attached hydrogens (tertiary/aromatic N) is 1. The van der Waals surface area contributed by atoms with E-state index in [0.29, 0.717) is 26.4 Å². The van der Waals surface area contributed by atoms with Crippen LogP contribution in [0.15, 0.2) is 88.2 Å². The van der Waals surface area contributed by atoms with E-state index < -0.39 is 11.9 Å². The molecular formula is C30H21BrClNO6S. The van der Waals surface area contributed by atoms with Crippen LogP contribution in [0.2, 0.25) is 5.02 Å². The van der Waals surface area contributed by atoms with E-state index in [2.05, 4.69) is 15.9 Å². The maximum absolute atomic E-state index is 13.0. The molecule has 1 heterocycles. The Hall–Kier alpha value is -3.79. The molecule has 7 nitrogen and oxygen atoms in total. The van der Waals surface area contributed by atoms with Crippen LogP contribution in [0.25, 0.3) is 16.8 Å². The first-order valence-electron chi connectivity index (χ1n) is 12.1. The van der Waals surface area contributed by atoms with E-state index in [1.54, 1.807) is 42.5 Å². The Labute approximate surface area is 247 Å². The van der Waals surface area contributed by atoms with Gasteiger partial charge in [-0.3, -0.25) is 14.5 Å². The monoisotopic (exact) mass is 637 g/mol. The highest BCUT2D eigenvalue weighted by molar-refractivity contribution is 9.10. The van der Waals surface area contributed by atoms with Gasteiger partial charge in [0.05, 0.1) is 28.6 Å². The molecule has 1 fully saturated rings. The summed E-state index contributed by atoms with van der Waals surface area (Å²) in [7, 11) is 1.44. The van der Waals surface area contributed by atoms with Gasteiger partial charge in [0, 0.05) is 10.4 Å². The van der Waals surface area contributed by atoms with Gasteiger partial charge in [0.15, 0.2) is 11.5 Å². The lowest BCUT2D eigenvalue weighted by Crippen LogP contribution is -2.32. The third-order valence-corrected chi connectivity index (χ3v) is 7.77. The molecule has 5 rings (SSSR count). The first-order chi connectivity index (χ1) is 19.3. The van der Waals surface area contributed by atoms with Crippen LogP contribution in [0.4, 0.5) is 4.79 Å². The molecule has 0 N–H and O–H groups in total. The van der Waals surface area contributed by atoms with Crippen LogP contribution in [0, 0.1) is 0 Å². The van der Waals surface area contributed by atoms with Crippen molar-refractivity contribution in [3.8, 4) is 17.2 Å². The van der Waals surface area contributed by atoms with Crippen LogP contribution in [-0.4, -0.2) is 42.3 Å². The number of rotatable bonds is 8. The average Bonchev–Trinajstić information content (AvgIpc) is 3.21. The Morgan fingerprint density at radius 3 is 2.52 bits per heavy atom. The lowest BCUT2D eigenvalue weighted by Gasteiger charge is -2.14. The Morgan fingerprint density at radius 1 is 1.00 bits per heavy atom. The topological polar surface area (TPSA) is 82.1 Å². The van der Waals surface area contributed by atoms with Crippen LogP contribution in [0.1, 0.15) is 15.9 Å². The minimum Gasteiger partial charge on any atom is -0.493 e. The van der Waals surface area contributed by atoms with E-state index in [0.717, 1.165) is 27.4 Å². The van der Waals surface area contributed by atoms with Crippen molar-refractivity contribution in [2.75, 3.05) is 20.3 Å². The Bertz CT molecular complexity index is 1650. The maximum atomic E-state index is 13.0. The molecule has 0 atom stereocenters. The Balaban J connectivity index is 1.28. The van der Waals surface area contributed by atoms with Crippen molar-refractivity contribution in [3.63, 3.8) is 0 Å². The highest BCUT2D eigenvalue weighted by Gasteiger charge is 2.35. The Morgan fingerprint density at radius 2 is 1.75 bits per heavy atom. The minimum atomic E-state index is -0.588. The second-order valence-corrected chi connectivity index (χ2v) is 10.9. The summed E-state index contributed by atoms with van der Waals surface area (Å²) < 4.78 is 17.3. The largest absolute Gasteiger partial charge is 0.493 e. The van der Waals surface area contributed by atoms with E-state index in [9.17, 15) is 14.4 Å². The molecule has 0 aliphatic carbocycles. The summed E-state index contributed by atoms with van der Waals surface area (Å²) in [6, 6.07) is 23.2. The average molecular weight is 639 g/mol. The summed E-state index contributed by atoms with van der Waals surface area (Å²) in [5.74, 6) is 0.137. The summed E-state index contributed by atoms with van der Waals surface area (Å²) in [6.07, 6.45) is 1.59. The quantitative estimate of drug-likeness (QED) is 0.112. The van der Waals surface area contributed by atoms with Crippen LogP contribution >= 0.6 is 39.3 Å². The summed E-state index contributed by atoms with van der Waals surface area (Å²) in [4.78, 5) is 39.7. The predicted molar refractivity (Wildman–Crippen MR) is 159 cm³/mol. The number of carbonyl (C=O) groups is 3. The van der Waals surface area contributed by atoms with Gasteiger partial charge in [-0.05, 0) is 87.2 Å². The van der Waals surface area contributed by atoms with Gasteiger partial charge in [-0.2, -0.15) is 0 Å². The van der Waals surface area contributed by atoms with Crippen molar-refractivity contribution in [1.29, 1.82) is 0 Å². The Kier molecular flexibility index (Phi) is 8.44. The highest BCUT2D eigenvalue weighted by atomic mass is 79.9. The summed E-state index contributed by atoms with van der Waals surface area (Å²) in [5.41, 5.74) is 0.896. The van der Waals surface area contributed by atoms with Crippen molar-refractivity contribution >= 4 is 73.3 Å². The molecule has 0 unspecified atom stereocenters. The van der Waals surface area contributed by atoms with E-state index in [1.807, 2.05) is 42.5 Å². The standard InChI is InChI=1S/C30H21BrClNO6S/c1-37-25-16-18(15-23(31)27(25)39-29(35)20-9-11-21(32)12-10-20)17-26-28(34)33(30(36)40-26)13-14-38-24-8-4-6-19-5-2-3-7-22(19)24/h2-12,15-17H,13-14H2,1H3/b26-17-. The number of fused-ring (bicyclic) bond motifs is 1. The molecule has 202 valence electrons. The second kappa shape index (κ2) is 12.2. The summed E-state index contributed by atoms with van der Waals surface area (Å²) >= 11 is 10.2. The first kappa shape index (κ1) is 27.8. The van der Waals surface area contributed by atoms with Gasteiger partial charge in [-0.1, -0.05) is 48.0 Å². The maximum Gasteiger partial charge on any atom is 0.343 e. The van der Waals surface area contributed by atoms with Crippen molar-refractivity contribution in [3.05, 3.63) is 104 Å². The van der Waals surface area contributed by atoms with E-state index in [4.69, 9.17) is 25.8 Å². The zero-order valence-corrected chi connectivity index (χ0v) is 24.2. The molecule has 10 heteroatoms. The lowest BCUT2D eigenvalue weighted by atomic mass is 10.1. The molecule has 0 spiro atoms. The molecule has 0 radical (unpaired) electrons. The molecule has 4 aromatic rings. The third-order valence-electron chi connectivity index (χ3n) is 6.02. The number of benzene rings is 4. The van der Waals surface area contributed by atoms with Crippen molar-refractivity contribution in [1.82, 2.24) is 4.90 Å². The SMILES string of the molecule is COc1cc(/C=C2\SC(=O)N(CCOc3cccc4ccccc34)C2=O)cc(Br)c1OC(=O)c1ccc(Cl)cc1. The fraction of sp³-hybridized carbons (Fsp3) is 0.100. The molecule has 0 aromatic heterocycles. The molecule has 1 aliphatic heterocycles. The van der Waals surface area contributed by atoms with Gasteiger partial charge < -0.3 is 14.2 Å². The summed E-state index contributed by atoms with van der Waals surface area (Å²) in [5, 5.41) is 2.13. The molecule has 40 heavy (non-hydrogen) atoms. The molecule has 1 aliphatic rings. The van der Waals surface area contributed by atoms with Gasteiger partial charge in [0.1, 0.15) is 12.4 Å². The van der Waals surface area contributed by atoms with Gasteiger partial charge in [-0.25, -0.2) is 4.79 Å². The fourth-order valence-corrected chi connectivity index (χ4v) is 5.60. The van der Waals surface area contributed by atoms with Crippen molar-refractivity contribution < 1.29 is 28.6 Å².